The molecule has 4 nitrogen and oxygen atoms in total. The lowest BCUT2D eigenvalue weighted by molar-refractivity contribution is 0.119. The van der Waals surface area contributed by atoms with E-state index >= 15 is 0 Å². The van der Waals surface area contributed by atoms with Crippen molar-refractivity contribution in [3.05, 3.63) is 0 Å². The summed E-state index contributed by atoms with van der Waals surface area (Å²) in [7, 11) is 0. The third-order valence-corrected chi connectivity index (χ3v) is 3.69. The highest BCUT2D eigenvalue weighted by Crippen LogP contribution is 2.06. The van der Waals surface area contributed by atoms with Crippen LogP contribution in [0, 0.1) is 0 Å². The third kappa shape index (κ3) is 6.22. The Bertz CT molecular complexity index is 190. The fraction of sp³-hybridized carbons (Fsp3) is 1.00. The molecule has 0 radical (unpaired) electrons. The van der Waals surface area contributed by atoms with Gasteiger partial charge in [0.2, 0.25) is 0 Å². The predicted molar refractivity (Wildman–Crippen MR) is 71.0 cm³/mol. The Balaban J connectivity index is 2.29. The molecule has 0 saturated carbocycles. The van der Waals surface area contributed by atoms with Crippen molar-refractivity contribution in [2.75, 3.05) is 51.0 Å². The molecule has 1 rings (SSSR count). The molecule has 2 atom stereocenters. The molecule has 6 heteroatoms. The van der Waals surface area contributed by atoms with Gasteiger partial charge in [-0.3, -0.25) is 9.80 Å². The Labute approximate surface area is 113 Å². The van der Waals surface area contributed by atoms with E-state index in [0.717, 1.165) is 32.6 Å². The molecule has 2 unspecified atom stereocenters. The van der Waals surface area contributed by atoms with Gasteiger partial charge in [-0.2, -0.15) is 0 Å². The number of rotatable bonds is 6. The van der Waals surface area contributed by atoms with Crippen LogP contribution in [0.4, 0.5) is 0 Å². The maximum Gasteiger partial charge on any atom is 0.0802 e. The van der Waals surface area contributed by atoms with Crippen LogP contribution in [-0.2, 0) is 0 Å². The van der Waals surface area contributed by atoms with Gasteiger partial charge in [0.25, 0.3) is 0 Å². The lowest BCUT2D eigenvalue weighted by Gasteiger charge is -2.24. The predicted octanol–water partition coefficient (Wildman–Crippen LogP) is 0.193. The van der Waals surface area contributed by atoms with E-state index in [-0.39, 0.29) is 11.8 Å². The highest BCUT2D eigenvalue weighted by Gasteiger charge is 2.18. The number of alkyl halides is 2. The Morgan fingerprint density at radius 1 is 0.824 bits per heavy atom. The highest BCUT2D eigenvalue weighted by atomic mass is 35.5. The average Bonchev–Trinajstić information content (AvgIpc) is 2.54. The molecular weight excluding hydrogens is 263 g/mol. The molecule has 0 aromatic carbocycles. The van der Waals surface area contributed by atoms with Crippen molar-refractivity contribution in [3.63, 3.8) is 0 Å². The second-order valence-corrected chi connectivity index (χ2v) is 5.19. The molecule has 0 aliphatic carbocycles. The SMILES string of the molecule is OC(CCl)CN1CCCN(CC(O)CCl)CC1. The summed E-state index contributed by atoms with van der Waals surface area (Å²) >= 11 is 11.2. The van der Waals surface area contributed by atoms with Gasteiger partial charge in [-0.15, -0.1) is 23.2 Å². The average molecular weight is 285 g/mol. The Kier molecular flexibility index (Phi) is 7.75. The minimum Gasteiger partial charge on any atom is -0.391 e. The molecule has 1 fully saturated rings. The number of aliphatic hydroxyl groups excluding tert-OH is 2. The fourth-order valence-electron chi connectivity index (χ4n) is 2.08. The quantitative estimate of drug-likeness (QED) is 0.684. The topological polar surface area (TPSA) is 46.9 Å². The number of hydrogen-bond acceptors (Lipinski definition) is 4. The molecule has 102 valence electrons. The zero-order valence-corrected chi connectivity index (χ0v) is 11.6. The molecule has 0 amide bonds. The van der Waals surface area contributed by atoms with E-state index in [2.05, 4.69) is 9.80 Å². The minimum absolute atomic E-state index is 0.283. The van der Waals surface area contributed by atoms with Gasteiger partial charge in [0, 0.05) is 37.9 Å². The molecule has 0 aromatic rings. The molecule has 17 heavy (non-hydrogen) atoms. The first-order chi connectivity index (χ1) is 8.15. The van der Waals surface area contributed by atoms with Crippen LogP contribution < -0.4 is 0 Å². The molecule has 1 aliphatic heterocycles. The van der Waals surface area contributed by atoms with Gasteiger partial charge >= 0.3 is 0 Å². The van der Waals surface area contributed by atoms with Crippen LogP contribution in [0.15, 0.2) is 0 Å². The number of β-amino-alcohol motifs (C(OH)–C–C–N with tert-alkyl or cyclic N) is 2. The van der Waals surface area contributed by atoms with Gasteiger partial charge < -0.3 is 10.2 Å². The summed E-state index contributed by atoms with van der Waals surface area (Å²) in [6.45, 7) is 5.03. The molecule has 0 bridgehead atoms. The second kappa shape index (κ2) is 8.51. The van der Waals surface area contributed by atoms with Gasteiger partial charge in [0.15, 0.2) is 0 Å². The van der Waals surface area contributed by atoms with Gasteiger partial charge in [-0.1, -0.05) is 0 Å². The molecule has 1 saturated heterocycles. The Morgan fingerprint density at radius 2 is 1.24 bits per heavy atom. The number of halogens is 2. The fourth-order valence-corrected chi connectivity index (χ4v) is 2.28. The molecule has 0 aromatic heterocycles. The van der Waals surface area contributed by atoms with Crippen LogP contribution in [0.5, 0.6) is 0 Å². The maximum atomic E-state index is 9.51. The first kappa shape index (κ1) is 15.5. The van der Waals surface area contributed by atoms with Gasteiger partial charge in [-0.05, 0) is 19.5 Å². The van der Waals surface area contributed by atoms with E-state index < -0.39 is 12.2 Å². The summed E-state index contributed by atoms with van der Waals surface area (Å²) in [5, 5.41) is 19.0. The number of hydrogen-bond donors (Lipinski definition) is 2. The summed E-state index contributed by atoms with van der Waals surface area (Å²) in [6, 6.07) is 0. The van der Waals surface area contributed by atoms with E-state index in [1.54, 1.807) is 0 Å². The Morgan fingerprint density at radius 3 is 1.59 bits per heavy atom. The number of aliphatic hydroxyl groups is 2. The highest BCUT2D eigenvalue weighted by molar-refractivity contribution is 6.18. The van der Waals surface area contributed by atoms with Crippen LogP contribution >= 0.6 is 23.2 Å². The van der Waals surface area contributed by atoms with Crippen molar-refractivity contribution in [1.29, 1.82) is 0 Å². The largest absolute Gasteiger partial charge is 0.391 e. The van der Waals surface area contributed by atoms with Gasteiger partial charge in [0.1, 0.15) is 0 Å². The molecule has 2 N–H and O–H groups in total. The van der Waals surface area contributed by atoms with Crippen molar-refractivity contribution < 1.29 is 10.2 Å². The second-order valence-electron chi connectivity index (χ2n) is 4.57. The van der Waals surface area contributed by atoms with E-state index in [0.29, 0.717) is 13.1 Å². The van der Waals surface area contributed by atoms with Crippen LogP contribution in [0.1, 0.15) is 6.42 Å². The van der Waals surface area contributed by atoms with Crippen LogP contribution in [-0.4, -0.2) is 83.2 Å². The summed E-state index contributed by atoms with van der Waals surface area (Å²) in [5.74, 6) is 0.566. The van der Waals surface area contributed by atoms with Crippen molar-refractivity contribution in [2.24, 2.45) is 0 Å². The van der Waals surface area contributed by atoms with E-state index in [9.17, 15) is 10.2 Å². The van der Waals surface area contributed by atoms with Crippen LogP contribution in [0.25, 0.3) is 0 Å². The van der Waals surface area contributed by atoms with E-state index in [4.69, 9.17) is 23.2 Å². The lowest BCUT2D eigenvalue weighted by atomic mass is 10.3. The first-order valence-electron chi connectivity index (χ1n) is 6.08. The van der Waals surface area contributed by atoms with E-state index in [1.165, 1.54) is 0 Å². The molecule has 1 heterocycles. The molecule has 0 spiro atoms. The van der Waals surface area contributed by atoms with Crippen molar-refractivity contribution >= 4 is 23.2 Å². The van der Waals surface area contributed by atoms with Crippen molar-refractivity contribution in [1.82, 2.24) is 9.80 Å². The summed E-state index contributed by atoms with van der Waals surface area (Å²) < 4.78 is 0. The zero-order valence-electron chi connectivity index (χ0n) is 10.1. The summed E-state index contributed by atoms with van der Waals surface area (Å²) in [6.07, 6.45) is 0.151. The zero-order chi connectivity index (χ0) is 12.7. The van der Waals surface area contributed by atoms with Crippen LogP contribution in [0.3, 0.4) is 0 Å². The Hall–Kier alpha value is 0.420. The van der Waals surface area contributed by atoms with E-state index in [1.807, 2.05) is 0 Å². The van der Waals surface area contributed by atoms with Crippen LogP contribution in [0.2, 0.25) is 0 Å². The molecular formula is C11H22Cl2N2O2. The molecule has 1 aliphatic rings. The van der Waals surface area contributed by atoms with Gasteiger partial charge in [0.05, 0.1) is 12.2 Å². The smallest absolute Gasteiger partial charge is 0.0802 e. The summed E-state index contributed by atoms with van der Waals surface area (Å²) in [4.78, 5) is 4.44. The number of nitrogens with zero attached hydrogens (tertiary/aromatic N) is 2. The van der Waals surface area contributed by atoms with Crippen molar-refractivity contribution in [2.45, 2.75) is 18.6 Å². The maximum absolute atomic E-state index is 9.51. The third-order valence-electron chi connectivity index (χ3n) is 2.98. The van der Waals surface area contributed by atoms with Gasteiger partial charge in [-0.25, -0.2) is 0 Å². The first-order valence-corrected chi connectivity index (χ1v) is 7.15. The minimum atomic E-state index is -0.448. The lowest BCUT2D eigenvalue weighted by Crippen LogP contribution is -2.38. The standard InChI is InChI=1S/C11H22Cl2N2O2/c12-6-10(16)8-14-2-1-3-15(5-4-14)9-11(17)7-13/h10-11,16-17H,1-9H2. The monoisotopic (exact) mass is 284 g/mol. The van der Waals surface area contributed by atoms with Crippen molar-refractivity contribution in [3.8, 4) is 0 Å². The summed E-state index contributed by atoms with van der Waals surface area (Å²) in [5.41, 5.74) is 0. The normalized spacial score (nSPS) is 23.3.